The zero-order chi connectivity index (χ0) is 13.0. The van der Waals surface area contributed by atoms with Gasteiger partial charge in [0, 0.05) is 24.8 Å². The van der Waals surface area contributed by atoms with Gasteiger partial charge in [0.25, 0.3) is 0 Å². The Morgan fingerprint density at radius 3 is 2.94 bits per heavy atom. The molecule has 1 saturated carbocycles. The third-order valence-corrected chi connectivity index (χ3v) is 3.35. The van der Waals surface area contributed by atoms with Crippen molar-refractivity contribution in [2.24, 2.45) is 5.92 Å². The zero-order valence-corrected chi connectivity index (χ0v) is 11.0. The molecule has 0 unspecified atom stereocenters. The predicted octanol–water partition coefficient (Wildman–Crippen LogP) is 2.12. The van der Waals surface area contributed by atoms with Crippen molar-refractivity contribution in [3.8, 4) is 0 Å². The lowest BCUT2D eigenvalue weighted by molar-refractivity contribution is -0.119. The SMILES string of the molecule is CCOC1CC(CC(=O)Nc2cc(CC)[nH]n2)C1. The van der Waals surface area contributed by atoms with Gasteiger partial charge in [-0.1, -0.05) is 6.92 Å². The number of aromatic amines is 1. The zero-order valence-electron chi connectivity index (χ0n) is 11.0. The molecule has 5 heteroatoms. The molecule has 2 N–H and O–H groups in total. The molecular weight excluding hydrogens is 230 g/mol. The van der Waals surface area contributed by atoms with E-state index in [0.717, 1.165) is 31.6 Å². The number of hydrogen-bond acceptors (Lipinski definition) is 3. The second-order valence-corrected chi connectivity index (χ2v) is 4.80. The maximum Gasteiger partial charge on any atom is 0.225 e. The van der Waals surface area contributed by atoms with Crippen LogP contribution in [-0.4, -0.2) is 28.8 Å². The van der Waals surface area contributed by atoms with Crippen LogP contribution in [0.4, 0.5) is 5.82 Å². The Morgan fingerprint density at radius 1 is 1.56 bits per heavy atom. The smallest absolute Gasteiger partial charge is 0.225 e. The van der Waals surface area contributed by atoms with Crippen molar-refractivity contribution in [2.75, 3.05) is 11.9 Å². The Balaban J connectivity index is 1.70. The average Bonchev–Trinajstić information content (AvgIpc) is 2.74. The second-order valence-electron chi connectivity index (χ2n) is 4.80. The van der Waals surface area contributed by atoms with Gasteiger partial charge in [-0.15, -0.1) is 0 Å². The first-order chi connectivity index (χ1) is 8.71. The highest BCUT2D eigenvalue weighted by Crippen LogP contribution is 2.32. The minimum atomic E-state index is 0.0455. The topological polar surface area (TPSA) is 67.0 Å². The van der Waals surface area contributed by atoms with Gasteiger partial charge >= 0.3 is 0 Å². The fraction of sp³-hybridized carbons (Fsp3) is 0.692. The number of H-pyrrole nitrogens is 1. The van der Waals surface area contributed by atoms with E-state index in [1.165, 1.54) is 0 Å². The van der Waals surface area contributed by atoms with E-state index >= 15 is 0 Å². The molecule has 0 atom stereocenters. The van der Waals surface area contributed by atoms with Crippen molar-refractivity contribution < 1.29 is 9.53 Å². The molecule has 1 amide bonds. The largest absolute Gasteiger partial charge is 0.378 e. The van der Waals surface area contributed by atoms with Gasteiger partial charge in [0.2, 0.25) is 5.91 Å². The first kappa shape index (κ1) is 13.1. The van der Waals surface area contributed by atoms with Gasteiger partial charge < -0.3 is 10.1 Å². The number of carbonyl (C=O) groups is 1. The average molecular weight is 251 g/mol. The second kappa shape index (κ2) is 6.00. The Kier molecular flexibility index (Phi) is 4.36. The first-order valence-electron chi connectivity index (χ1n) is 6.67. The van der Waals surface area contributed by atoms with E-state index < -0.39 is 0 Å². The van der Waals surface area contributed by atoms with E-state index in [4.69, 9.17) is 4.74 Å². The number of nitrogens with one attached hydrogen (secondary N) is 2. The van der Waals surface area contributed by atoms with E-state index in [9.17, 15) is 4.79 Å². The molecule has 5 nitrogen and oxygen atoms in total. The molecule has 0 aromatic carbocycles. The summed E-state index contributed by atoms with van der Waals surface area (Å²) in [6.45, 7) is 4.81. The number of hydrogen-bond donors (Lipinski definition) is 2. The van der Waals surface area contributed by atoms with Crippen LogP contribution in [0.15, 0.2) is 6.07 Å². The summed E-state index contributed by atoms with van der Waals surface area (Å²) >= 11 is 0. The van der Waals surface area contributed by atoms with Crippen LogP contribution >= 0.6 is 0 Å². The Bertz CT molecular complexity index is 397. The molecule has 0 radical (unpaired) electrons. The molecule has 0 saturated heterocycles. The molecule has 1 aromatic rings. The van der Waals surface area contributed by atoms with Crippen LogP contribution in [0.25, 0.3) is 0 Å². The highest BCUT2D eigenvalue weighted by molar-refractivity contribution is 5.89. The maximum absolute atomic E-state index is 11.8. The maximum atomic E-state index is 11.8. The molecule has 1 fully saturated rings. The molecule has 100 valence electrons. The summed E-state index contributed by atoms with van der Waals surface area (Å²) in [6.07, 6.45) is 3.83. The predicted molar refractivity (Wildman–Crippen MR) is 69.4 cm³/mol. The quantitative estimate of drug-likeness (QED) is 0.813. The molecule has 1 aliphatic rings. The number of aryl methyl sites for hydroxylation is 1. The fourth-order valence-corrected chi connectivity index (χ4v) is 2.28. The lowest BCUT2D eigenvalue weighted by atomic mass is 9.80. The summed E-state index contributed by atoms with van der Waals surface area (Å²) in [7, 11) is 0. The Hall–Kier alpha value is -1.36. The molecule has 1 aliphatic carbocycles. The molecule has 0 aliphatic heterocycles. The summed E-state index contributed by atoms with van der Waals surface area (Å²) in [6, 6.07) is 1.88. The number of rotatable bonds is 6. The van der Waals surface area contributed by atoms with Crippen LogP contribution in [-0.2, 0) is 16.0 Å². The number of anilines is 1. The number of aromatic nitrogens is 2. The molecule has 1 aromatic heterocycles. The van der Waals surface area contributed by atoms with Crippen LogP contribution < -0.4 is 5.32 Å². The number of carbonyl (C=O) groups excluding carboxylic acids is 1. The van der Waals surface area contributed by atoms with Gasteiger partial charge in [0.15, 0.2) is 5.82 Å². The van der Waals surface area contributed by atoms with E-state index in [1.54, 1.807) is 0 Å². The van der Waals surface area contributed by atoms with Crippen molar-refractivity contribution in [3.63, 3.8) is 0 Å². The lowest BCUT2D eigenvalue weighted by Crippen LogP contribution is -2.33. The third-order valence-electron chi connectivity index (χ3n) is 3.35. The molecule has 1 heterocycles. The highest BCUT2D eigenvalue weighted by atomic mass is 16.5. The van der Waals surface area contributed by atoms with E-state index in [2.05, 4.69) is 15.5 Å². The minimum Gasteiger partial charge on any atom is -0.378 e. The number of ether oxygens (including phenoxy) is 1. The standard InChI is InChI=1S/C13H21N3O2/c1-3-10-8-12(16-15-10)14-13(17)7-9-5-11(6-9)18-4-2/h8-9,11H,3-7H2,1-2H3,(H2,14,15,16,17). The van der Waals surface area contributed by atoms with Crippen molar-refractivity contribution in [3.05, 3.63) is 11.8 Å². The van der Waals surface area contributed by atoms with E-state index in [1.807, 2.05) is 19.9 Å². The van der Waals surface area contributed by atoms with Gasteiger partial charge in [-0.25, -0.2) is 0 Å². The van der Waals surface area contributed by atoms with Crippen molar-refractivity contribution in [1.82, 2.24) is 10.2 Å². The van der Waals surface area contributed by atoms with E-state index in [0.29, 0.717) is 24.3 Å². The number of nitrogens with zero attached hydrogens (tertiary/aromatic N) is 1. The molecule has 0 spiro atoms. The summed E-state index contributed by atoms with van der Waals surface area (Å²) in [5.41, 5.74) is 1.03. The monoisotopic (exact) mass is 251 g/mol. The van der Waals surface area contributed by atoms with Gasteiger partial charge in [0.05, 0.1) is 6.10 Å². The molecule has 18 heavy (non-hydrogen) atoms. The molecule has 0 bridgehead atoms. The van der Waals surface area contributed by atoms with Crippen LogP contribution in [0, 0.1) is 5.92 Å². The number of amides is 1. The summed E-state index contributed by atoms with van der Waals surface area (Å²) in [4.78, 5) is 11.8. The van der Waals surface area contributed by atoms with Gasteiger partial charge in [-0.05, 0) is 32.1 Å². The third kappa shape index (κ3) is 3.32. The Labute approximate surface area is 107 Å². The first-order valence-corrected chi connectivity index (χ1v) is 6.67. The normalized spacial score (nSPS) is 22.6. The van der Waals surface area contributed by atoms with Crippen LogP contribution in [0.5, 0.6) is 0 Å². The van der Waals surface area contributed by atoms with Crippen LogP contribution in [0.2, 0.25) is 0 Å². The Morgan fingerprint density at radius 2 is 2.33 bits per heavy atom. The van der Waals surface area contributed by atoms with Gasteiger partial charge in [-0.2, -0.15) is 5.10 Å². The minimum absolute atomic E-state index is 0.0455. The molecular formula is C13H21N3O2. The summed E-state index contributed by atoms with van der Waals surface area (Å²) in [5, 5.41) is 9.74. The lowest BCUT2D eigenvalue weighted by Gasteiger charge is -2.34. The van der Waals surface area contributed by atoms with Crippen LogP contribution in [0.3, 0.4) is 0 Å². The van der Waals surface area contributed by atoms with Crippen molar-refractivity contribution in [2.45, 2.75) is 45.6 Å². The van der Waals surface area contributed by atoms with Crippen LogP contribution in [0.1, 0.15) is 38.8 Å². The molecule has 2 rings (SSSR count). The van der Waals surface area contributed by atoms with Gasteiger partial charge in [-0.3, -0.25) is 9.89 Å². The van der Waals surface area contributed by atoms with Gasteiger partial charge in [0.1, 0.15) is 0 Å². The van der Waals surface area contributed by atoms with Crippen molar-refractivity contribution in [1.29, 1.82) is 0 Å². The summed E-state index contributed by atoms with van der Waals surface area (Å²) in [5.74, 6) is 1.13. The van der Waals surface area contributed by atoms with Crippen molar-refractivity contribution >= 4 is 11.7 Å². The highest BCUT2D eigenvalue weighted by Gasteiger charge is 2.31. The summed E-state index contributed by atoms with van der Waals surface area (Å²) < 4.78 is 5.48. The van der Waals surface area contributed by atoms with E-state index in [-0.39, 0.29) is 5.91 Å². The fourth-order valence-electron chi connectivity index (χ4n) is 2.28.